The standard InChI is InChI=1S/C27H29N5O3/c1-27(2,3)35-26(34)31-14-12-18(17-31)15-24-29-30-25(33)32(24)22-10-8-19(9-11-22)21-7-6-20-5-4-13-28-23(20)16-21/h4-11,13,16,18H,12,14-15,17H2,1-3H3,(H,30,33)/t18-/m0/s1. The Morgan fingerprint density at radius 1 is 1.11 bits per heavy atom. The lowest BCUT2D eigenvalue weighted by Gasteiger charge is -2.24. The molecule has 1 aliphatic heterocycles. The number of carbonyl (C=O) groups excluding carboxylic acids is 1. The Labute approximate surface area is 203 Å². The van der Waals surface area contributed by atoms with Crippen LogP contribution in [0.2, 0.25) is 0 Å². The molecule has 0 radical (unpaired) electrons. The SMILES string of the molecule is CC(C)(C)OC(=O)N1CC[C@@H](Cc2n[nH]c(=O)n2-c2ccc(-c3ccc4cccnc4c3)cc2)C1. The van der Waals surface area contributed by atoms with E-state index in [1.54, 1.807) is 15.7 Å². The van der Waals surface area contributed by atoms with Crippen LogP contribution in [0.15, 0.2) is 65.6 Å². The summed E-state index contributed by atoms with van der Waals surface area (Å²) in [6.07, 6.45) is 2.93. The van der Waals surface area contributed by atoms with Gasteiger partial charge in [-0.15, -0.1) is 0 Å². The van der Waals surface area contributed by atoms with Crippen molar-refractivity contribution >= 4 is 17.0 Å². The van der Waals surface area contributed by atoms with Gasteiger partial charge >= 0.3 is 11.8 Å². The lowest BCUT2D eigenvalue weighted by atomic mass is 10.0. The van der Waals surface area contributed by atoms with Crippen LogP contribution < -0.4 is 5.69 Å². The lowest BCUT2D eigenvalue weighted by Crippen LogP contribution is -2.35. The normalized spacial score (nSPS) is 16.1. The van der Waals surface area contributed by atoms with Gasteiger partial charge in [-0.3, -0.25) is 4.98 Å². The number of hydrogen-bond donors (Lipinski definition) is 1. The number of ether oxygens (including phenoxy) is 1. The second-order valence-electron chi connectivity index (χ2n) is 10.0. The number of carbonyl (C=O) groups is 1. The molecule has 2 aromatic carbocycles. The Kier molecular flexibility index (Phi) is 5.88. The van der Waals surface area contributed by atoms with E-state index in [1.807, 2.05) is 57.2 Å². The van der Waals surface area contributed by atoms with Gasteiger partial charge in [0.05, 0.1) is 11.2 Å². The van der Waals surface area contributed by atoms with Gasteiger partial charge in [-0.25, -0.2) is 19.3 Å². The van der Waals surface area contributed by atoms with Crippen molar-refractivity contribution in [1.29, 1.82) is 0 Å². The largest absolute Gasteiger partial charge is 0.444 e. The number of H-pyrrole nitrogens is 1. The molecule has 1 saturated heterocycles. The van der Waals surface area contributed by atoms with Crippen LogP contribution in [0.4, 0.5) is 4.79 Å². The maximum atomic E-state index is 12.6. The minimum Gasteiger partial charge on any atom is -0.444 e. The maximum Gasteiger partial charge on any atom is 0.410 e. The highest BCUT2D eigenvalue weighted by Crippen LogP contribution is 2.26. The number of hydrogen-bond acceptors (Lipinski definition) is 5. The van der Waals surface area contributed by atoms with Gasteiger partial charge in [-0.05, 0) is 68.5 Å². The van der Waals surface area contributed by atoms with Crippen molar-refractivity contribution in [3.8, 4) is 16.8 Å². The zero-order valence-corrected chi connectivity index (χ0v) is 20.2. The van der Waals surface area contributed by atoms with Crippen LogP contribution in [-0.2, 0) is 11.2 Å². The quantitative estimate of drug-likeness (QED) is 0.470. The van der Waals surface area contributed by atoms with Crippen LogP contribution in [-0.4, -0.2) is 49.4 Å². The molecule has 0 unspecified atom stereocenters. The monoisotopic (exact) mass is 471 g/mol. The fourth-order valence-electron chi connectivity index (χ4n) is 4.53. The van der Waals surface area contributed by atoms with E-state index in [0.29, 0.717) is 25.3 Å². The number of pyridine rings is 1. The van der Waals surface area contributed by atoms with Gasteiger partial charge in [0.1, 0.15) is 11.4 Å². The molecule has 1 fully saturated rings. The fraction of sp³-hybridized carbons (Fsp3) is 0.333. The van der Waals surface area contributed by atoms with Crippen LogP contribution in [0.1, 0.15) is 33.0 Å². The first-order valence-electron chi connectivity index (χ1n) is 11.9. The van der Waals surface area contributed by atoms with Gasteiger partial charge in [0.2, 0.25) is 0 Å². The third kappa shape index (κ3) is 4.96. The topological polar surface area (TPSA) is 93.1 Å². The lowest BCUT2D eigenvalue weighted by molar-refractivity contribution is 0.0288. The zero-order valence-electron chi connectivity index (χ0n) is 20.2. The molecular formula is C27H29N5O3. The highest BCUT2D eigenvalue weighted by molar-refractivity contribution is 5.84. The van der Waals surface area contributed by atoms with E-state index in [2.05, 4.69) is 33.4 Å². The second kappa shape index (κ2) is 9.02. The van der Waals surface area contributed by atoms with Crippen molar-refractivity contribution in [2.24, 2.45) is 5.92 Å². The molecule has 35 heavy (non-hydrogen) atoms. The van der Waals surface area contributed by atoms with E-state index < -0.39 is 5.60 Å². The molecule has 0 bridgehead atoms. The number of aromatic amines is 1. The minimum absolute atomic E-state index is 0.209. The first-order chi connectivity index (χ1) is 16.8. The molecule has 1 amide bonds. The predicted molar refractivity (Wildman–Crippen MR) is 135 cm³/mol. The third-order valence-corrected chi connectivity index (χ3v) is 6.22. The number of nitrogens with one attached hydrogen (secondary N) is 1. The van der Waals surface area contributed by atoms with Gasteiger partial charge in [0, 0.05) is 31.1 Å². The Balaban J connectivity index is 1.32. The minimum atomic E-state index is -0.520. The number of rotatable bonds is 4. The zero-order chi connectivity index (χ0) is 24.6. The molecule has 180 valence electrons. The van der Waals surface area contributed by atoms with Gasteiger partial charge in [0.25, 0.3) is 0 Å². The van der Waals surface area contributed by atoms with Gasteiger partial charge in [-0.2, -0.15) is 5.10 Å². The van der Waals surface area contributed by atoms with E-state index in [9.17, 15) is 9.59 Å². The van der Waals surface area contributed by atoms with E-state index >= 15 is 0 Å². The molecule has 0 saturated carbocycles. The summed E-state index contributed by atoms with van der Waals surface area (Å²) < 4.78 is 7.11. The van der Waals surface area contributed by atoms with E-state index in [4.69, 9.17) is 4.74 Å². The van der Waals surface area contributed by atoms with Crippen molar-refractivity contribution < 1.29 is 9.53 Å². The van der Waals surface area contributed by atoms with Crippen molar-refractivity contribution in [3.63, 3.8) is 0 Å². The molecule has 8 nitrogen and oxygen atoms in total. The summed E-state index contributed by atoms with van der Waals surface area (Å²) in [7, 11) is 0. The van der Waals surface area contributed by atoms with Crippen molar-refractivity contribution in [3.05, 3.63) is 77.1 Å². The molecule has 4 aromatic rings. The number of amides is 1. The molecule has 1 atom stereocenters. The van der Waals surface area contributed by atoms with Crippen LogP contribution in [0.3, 0.4) is 0 Å². The van der Waals surface area contributed by atoms with Gasteiger partial charge in [0.15, 0.2) is 0 Å². The number of fused-ring (bicyclic) bond motifs is 1. The molecule has 3 heterocycles. The van der Waals surface area contributed by atoms with Crippen LogP contribution in [0.25, 0.3) is 27.7 Å². The van der Waals surface area contributed by atoms with E-state index in [0.717, 1.165) is 34.1 Å². The Bertz CT molecular complexity index is 1420. The summed E-state index contributed by atoms with van der Waals surface area (Å²) >= 11 is 0. The fourth-order valence-corrected chi connectivity index (χ4v) is 4.53. The number of aromatic nitrogens is 4. The Morgan fingerprint density at radius 3 is 2.66 bits per heavy atom. The highest BCUT2D eigenvalue weighted by atomic mass is 16.6. The molecule has 1 N–H and O–H groups in total. The highest BCUT2D eigenvalue weighted by Gasteiger charge is 2.31. The first kappa shape index (κ1) is 22.8. The van der Waals surface area contributed by atoms with E-state index in [1.165, 1.54) is 0 Å². The number of likely N-dealkylation sites (tertiary alicyclic amines) is 1. The third-order valence-electron chi connectivity index (χ3n) is 6.22. The maximum absolute atomic E-state index is 12.6. The average molecular weight is 472 g/mol. The molecule has 5 rings (SSSR count). The predicted octanol–water partition coefficient (Wildman–Crippen LogP) is 4.58. The van der Waals surface area contributed by atoms with Crippen LogP contribution in [0.5, 0.6) is 0 Å². The summed E-state index contributed by atoms with van der Waals surface area (Å²) in [6, 6.07) is 18.0. The molecule has 0 spiro atoms. The number of nitrogens with zero attached hydrogens (tertiary/aromatic N) is 4. The molecular weight excluding hydrogens is 442 g/mol. The van der Waals surface area contributed by atoms with Crippen LogP contribution in [0, 0.1) is 5.92 Å². The molecule has 2 aromatic heterocycles. The summed E-state index contributed by atoms with van der Waals surface area (Å²) in [4.78, 5) is 31.2. The average Bonchev–Trinajstić information content (AvgIpc) is 3.45. The number of benzene rings is 2. The summed E-state index contributed by atoms with van der Waals surface area (Å²) in [6.45, 7) is 6.82. The first-order valence-corrected chi connectivity index (χ1v) is 11.9. The van der Waals surface area contributed by atoms with Crippen molar-refractivity contribution in [1.82, 2.24) is 24.6 Å². The van der Waals surface area contributed by atoms with Gasteiger partial charge in [-0.1, -0.05) is 30.3 Å². The van der Waals surface area contributed by atoms with Crippen molar-refractivity contribution in [2.75, 3.05) is 13.1 Å². The van der Waals surface area contributed by atoms with E-state index in [-0.39, 0.29) is 17.7 Å². The second-order valence-corrected chi connectivity index (χ2v) is 10.0. The smallest absolute Gasteiger partial charge is 0.410 e. The summed E-state index contributed by atoms with van der Waals surface area (Å²) in [5.74, 6) is 0.870. The Hall–Kier alpha value is -3.94. The summed E-state index contributed by atoms with van der Waals surface area (Å²) in [5.41, 5.74) is 3.01. The summed E-state index contributed by atoms with van der Waals surface area (Å²) in [5, 5.41) is 7.96. The molecule has 1 aliphatic rings. The van der Waals surface area contributed by atoms with Crippen LogP contribution >= 0.6 is 0 Å². The molecule has 0 aliphatic carbocycles. The van der Waals surface area contributed by atoms with Crippen molar-refractivity contribution in [2.45, 2.75) is 39.2 Å². The van der Waals surface area contributed by atoms with Gasteiger partial charge < -0.3 is 9.64 Å². The molecule has 8 heteroatoms. The Morgan fingerprint density at radius 2 is 1.89 bits per heavy atom.